The number of halogens is 1. The van der Waals surface area contributed by atoms with E-state index in [2.05, 4.69) is 9.80 Å². The van der Waals surface area contributed by atoms with Gasteiger partial charge in [0.05, 0.1) is 24.3 Å². The van der Waals surface area contributed by atoms with Crippen LogP contribution in [0.25, 0.3) is 0 Å². The quantitative estimate of drug-likeness (QED) is 0.835. The van der Waals surface area contributed by atoms with E-state index in [-0.39, 0.29) is 11.9 Å². The summed E-state index contributed by atoms with van der Waals surface area (Å²) in [6.45, 7) is 3.72. The second-order valence-electron chi connectivity index (χ2n) is 5.41. The first-order chi connectivity index (χ1) is 9.58. The van der Waals surface area contributed by atoms with Gasteiger partial charge in [0.2, 0.25) is 0 Å². The monoisotopic (exact) mass is 277 g/mol. The van der Waals surface area contributed by atoms with Gasteiger partial charge in [-0.1, -0.05) is 6.07 Å². The maximum Gasteiger partial charge on any atom is 0.129 e. The lowest BCUT2D eigenvalue weighted by Crippen LogP contribution is -2.46. The molecule has 5 heteroatoms. The molecule has 1 saturated heterocycles. The SMILES string of the molecule is CN(C)C[C@@H]1CN(Cc2ccc(C#N)cc2F)CCO1. The largest absolute Gasteiger partial charge is 0.374 e. The van der Waals surface area contributed by atoms with Gasteiger partial charge >= 0.3 is 0 Å². The Kier molecular flexibility index (Phi) is 5.07. The molecule has 108 valence electrons. The molecule has 0 radical (unpaired) electrons. The summed E-state index contributed by atoms with van der Waals surface area (Å²) in [5, 5.41) is 8.74. The van der Waals surface area contributed by atoms with Gasteiger partial charge in [-0.2, -0.15) is 5.26 Å². The fourth-order valence-corrected chi connectivity index (χ4v) is 2.43. The maximum atomic E-state index is 13.9. The molecule has 0 saturated carbocycles. The molecule has 1 atom stereocenters. The van der Waals surface area contributed by atoms with Gasteiger partial charge in [-0.3, -0.25) is 4.90 Å². The van der Waals surface area contributed by atoms with E-state index in [4.69, 9.17) is 10.00 Å². The summed E-state index contributed by atoms with van der Waals surface area (Å²) < 4.78 is 19.6. The van der Waals surface area contributed by atoms with Crippen molar-refractivity contribution in [3.05, 3.63) is 35.1 Å². The summed E-state index contributed by atoms with van der Waals surface area (Å²) in [4.78, 5) is 4.29. The molecule has 0 unspecified atom stereocenters. The average molecular weight is 277 g/mol. The lowest BCUT2D eigenvalue weighted by atomic mass is 10.1. The van der Waals surface area contributed by atoms with Gasteiger partial charge in [0.25, 0.3) is 0 Å². The first kappa shape index (κ1) is 14.9. The lowest BCUT2D eigenvalue weighted by molar-refractivity contribution is -0.0409. The van der Waals surface area contributed by atoms with Crippen molar-refractivity contribution in [2.24, 2.45) is 0 Å². The molecule has 2 rings (SSSR count). The molecule has 4 nitrogen and oxygen atoms in total. The molecule has 0 amide bonds. The number of nitrogens with zero attached hydrogens (tertiary/aromatic N) is 3. The number of hydrogen-bond donors (Lipinski definition) is 0. The molecule has 1 heterocycles. The molecule has 1 aliphatic heterocycles. The zero-order valence-electron chi connectivity index (χ0n) is 12.0. The number of ether oxygens (including phenoxy) is 1. The number of nitriles is 1. The number of benzene rings is 1. The van der Waals surface area contributed by atoms with Crippen LogP contribution in [0.2, 0.25) is 0 Å². The van der Waals surface area contributed by atoms with E-state index in [9.17, 15) is 4.39 Å². The van der Waals surface area contributed by atoms with E-state index >= 15 is 0 Å². The number of hydrogen-bond acceptors (Lipinski definition) is 4. The van der Waals surface area contributed by atoms with Crippen LogP contribution in [-0.2, 0) is 11.3 Å². The molecule has 20 heavy (non-hydrogen) atoms. The summed E-state index contributed by atoms with van der Waals surface area (Å²) in [6, 6.07) is 6.61. The highest BCUT2D eigenvalue weighted by atomic mass is 19.1. The van der Waals surface area contributed by atoms with Crippen molar-refractivity contribution in [3.8, 4) is 6.07 Å². The highest BCUT2D eigenvalue weighted by molar-refractivity contribution is 5.32. The molecule has 0 N–H and O–H groups in total. The van der Waals surface area contributed by atoms with E-state index in [1.165, 1.54) is 6.07 Å². The van der Waals surface area contributed by atoms with Crippen LogP contribution in [0.5, 0.6) is 0 Å². The average Bonchev–Trinajstić information content (AvgIpc) is 2.41. The molecule has 1 aromatic carbocycles. The minimum Gasteiger partial charge on any atom is -0.374 e. The molecule has 0 aromatic heterocycles. The van der Waals surface area contributed by atoms with Gasteiger partial charge in [-0.05, 0) is 26.2 Å². The van der Waals surface area contributed by atoms with Crippen LogP contribution in [0.15, 0.2) is 18.2 Å². The summed E-state index contributed by atoms with van der Waals surface area (Å²) in [5.74, 6) is -0.306. The fourth-order valence-electron chi connectivity index (χ4n) is 2.43. The first-order valence-electron chi connectivity index (χ1n) is 6.75. The van der Waals surface area contributed by atoms with Gasteiger partial charge in [0, 0.05) is 31.7 Å². The molecule has 0 aliphatic carbocycles. The standard InChI is InChI=1S/C15H20FN3O/c1-18(2)10-14-11-19(5-6-20-14)9-13-4-3-12(8-17)7-15(13)16/h3-4,7,14H,5-6,9-11H2,1-2H3/t14-/m1/s1. The van der Waals surface area contributed by atoms with Crippen LogP contribution in [0.4, 0.5) is 4.39 Å². The Hall–Kier alpha value is -1.48. The summed E-state index contributed by atoms with van der Waals surface area (Å²) >= 11 is 0. The summed E-state index contributed by atoms with van der Waals surface area (Å²) in [6.07, 6.45) is 0.167. The van der Waals surface area contributed by atoms with Crippen molar-refractivity contribution in [3.63, 3.8) is 0 Å². The van der Waals surface area contributed by atoms with Crippen molar-refractivity contribution in [1.82, 2.24) is 9.80 Å². The first-order valence-corrected chi connectivity index (χ1v) is 6.75. The van der Waals surface area contributed by atoms with Crippen LogP contribution < -0.4 is 0 Å². The van der Waals surface area contributed by atoms with Gasteiger partial charge < -0.3 is 9.64 Å². The van der Waals surface area contributed by atoms with Crippen molar-refractivity contribution in [1.29, 1.82) is 5.26 Å². The van der Waals surface area contributed by atoms with Gasteiger partial charge in [-0.15, -0.1) is 0 Å². The van der Waals surface area contributed by atoms with E-state index in [1.807, 2.05) is 20.2 Å². The Balaban J connectivity index is 1.97. The van der Waals surface area contributed by atoms with E-state index in [0.717, 1.165) is 19.6 Å². The fraction of sp³-hybridized carbons (Fsp3) is 0.533. The molecule has 1 aliphatic rings. The lowest BCUT2D eigenvalue weighted by Gasteiger charge is -2.34. The minimum absolute atomic E-state index is 0.167. The molecular formula is C15H20FN3O. The summed E-state index contributed by atoms with van der Waals surface area (Å²) in [5.41, 5.74) is 0.994. The summed E-state index contributed by atoms with van der Waals surface area (Å²) in [7, 11) is 4.03. The van der Waals surface area contributed by atoms with Crippen LogP contribution in [0.1, 0.15) is 11.1 Å². The smallest absolute Gasteiger partial charge is 0.129 e. The zero-order chi connectivity index (χ0) is 14.5. The van der Waals surface area contributed by atoms with E-state index in [0.29, 0.717) is 24.3 Å². The second kappa shape index (κ2) is 6.80. The highest BCUT2D eigenvalue weighted by Crippen LogP contribution is 2.15. The normalized spacial score (nSPS) is 20.1. The van der Waals surface area contributed by atoms with Crippen LogP contribution in [-0.4, -0.2) is 56.2 Å². The number of likely N-dealkylation sites (N-methyl/N-ethyl adjacent to an activating group) is 1. The number of morpholine rings is 1. The third-order valence-electron chi connectivity index (χ3n) is 3.37. The van der Waals surface area contributed by atoms with Crippen molar-refractivity contribution in [2.45, 2.75) is 12.6 Å². The third-order valence-corrected chi connectivity index (χ3v) is 3.37. The predicted octanol–water partition coefficient (Wildman–Crippen LogP) is 1.46. The van der Waals surface area contributed by atoms with Crippen molar-refractivity contribution >= 4 is 0 Å². The molecule has 1 aromatic rings. The Labute approximate surface area is 119 Å². The van der Waals surface area contributed by atoms with Crippen LogP contribution in [0, 0.1) is 17.1 Å². The minimum atomic E-state index is -0.306. The zero-order valence-corrected chi connectivity index (χ0v) is 12.0. The van der Waals surface area contributed by atoms with Crippen molar-refractivity contribution < 1.29 is 9.13 Å². The van der Waals surface area contributed by atoms with Gasteiger partial charge in [0.1, 0.15) is 5.82 Å². The highest BCUT2D eigenvalue weighted by Gasteiger charge is 2.21. The Morgan fingerprint density at radius 2 is 2.30 bits per heavy atom. The van der Waals surface area contributed by atoms with Gasteiger partial charge in [0.15, 0.2) is 0 Å². The van der Waals surface area contributed by atoms with Crippen LogP contribution >= 0.6 is 0 Å². The Morgan fingerprint density at radius 3 is 2.95 bits per heavy atom. The molecule has 0 bridgehead atoms. The van der Waals surface area contributed by atoms with E-state index < -0.39 is 0 Å². The molecule has 0 spiro atoms. The predicted molar refractivity (Wildman–Crippen MR) is 74.7 cm³/mol. The van der Waals surface area contributed by atoms with Crippen LogP contribution in [0.3, 0.4) is 0 Å². The molecular weight excluding hydrogens is 257 g/mol. The van der Waals surface area contributed by atoms with Gasteiger partial charge in [-0.25, -0.2) is 4.39 Å². The van der Waals surface area contributed by atoms with Crippen molar-refractivity contribution in [2.75, 3.05) is 40.3 Å². The Morgan fingerprint density at radius 1 is 1.50 bits per heavy atom. The topological polar surface area (TPSA) is 39.5 Å². The maximum absolute atomic E-state index is 13.9. The second-order valence-corrected chi connectivity index (χ2v) is 5.41. The van der Waals surface area contributed by atoms with E-state index in [1.54, 1.807) is 12.1 Å². The number of rotatable bonds is 4. The third kappa shape index (κ3) is 4.01. The molecule has 1 fully saturated rings. The Bertz CT molecular complexity index is 498.